The highest BCUT2D eigenvalue weighted by molar-refractivity contribution is 7.98. The number of aliphatic hydroxyl groups excluding tert-OH is 1. The second kappa shape index (κ2) is 25.9. The predicted octanol–water partition coefficient (Wildman–Crippen LogP) is -2.76. The molecule has 0 aromatic carbocycles. The van der Waals surface area contributed by atoms with Crippen molar-refractivity contribution in [1.29, 1.82) is 0 Å². The number of aromatic amines is 1. The van der Waals surface area contributed by atoms with E-state index >= 15 is 0 Å². The maximum atomic E-state index is 14.0. The molecule has 0 bridgehead atoms. The molecule has 0 fully saturated rings. The molecule has 14 N–H and O–H groups in total. The summed E-state index contributed by atoms with van der Waals surface area (Å²) in [6.07, 6.45) is 1.55. The van der Waals surface area contributed by atoms with Crippen LogP contribution in [0, 0.1) is 11.8 Å². The molecule has 0 unspecified atom stereocenters. The molecule has 8 atom stereocenters. The minimum Gasteiger partial charge on any atom is -0.481 e. The average Bonchev–Trinajstić information content (AvgIpc) is 3.65. The van der Waals surface area contributed by atoms with Crippen molar-refractivity contribution in [2.24, 2.45) is 23.3 Å². The molecule has 7 amide bonds. The van der Waals surface area contributed by atoms with E-state index in [0.717, 1.165) is 0 Å². The number of amides is 7. The summed E-state index contributed by atoms with van der Waals surface area (Å²) in [6.45, 7) is 8.30. The highest BCUT2D eigenvalue weighted by Crippen LogP contribution is 2.11. The normalized spacial score (nSPS) is 15.3. The van der Waals surface area contributed by atoms with Crippen LogP contribution in [0.15, 0.2) is 12.5 Å². The first kappa shape index (κ1) is 51.7. The largest absolute Gasteiger partial charge is 0.481 e. The fourth-order valence-electron chi connectivity index (χ4n) is 5.55. The smallest absolute Gasteiger partial charge is 0.326 e. The summed E-state index contributed by atoms with van der Waals surface area (Å²) in [5.41, 5.74) is 11.6. The number of aliphatic hydroxyl groups is 1. The molecule has 23 heteroatoms. The van der Waals surface area contributed by atoms with Crippen molar-refractivity contribution >= 4 is 65.1 Å². The number of carbonyl (C=O) groups is 9. The Labute approximate surface area is 346 Å². The minimum atomic E-state index is -1.87. The first-order chi connectivity index (χ1) is 27.5. The van der Waals surface area contributed by atoms with Crippen molar-refractivity contribution in [3.63, 3.8) is 0 Å². The Kier molecular flexibility index (Phi) is 22.7. The topological polar surface area (TPSA) is 367 Å². The molecule has 0 saturated heterocycles. The van der Waals surface area contributed by atoms with Gasteiger partial charge in [-0.15, -0.1) is 0 Å². The summed E-state index contributed by atoms with van der Waals surface area (Å²) >= 11 is 1.47. The molecule has 332 valence electrons. The van der Waals surface area contributed by atoms with Gasteiger partial charge in [0.15, 0.2) is 0 Å². The number of nitrogens with zero attached hydrogens (tertiary/aromatic N) is 1. The summed E-state index contributed by atoms with van der Waals surface area (Å²) in [5, 5.41) is 43.5. The monoisotopic (exact) mass is 856 g/mol. The molecule has 1 rings (SSSR count). The molecular weight excluding hydrogens is 797 g/mol. The van der Waals surface area contributed by atoms with Gasteiger partial charge in [0.1, 0.15) is 36.3 Å². The lowest BCUT2D eigenvalue weighted by Gasteiger charge is -2.29. The first-order valence-corrected chi connectivity index (χ1v) is 20.4. The van der Waals surface area contributed by atoms with Gasteiger partial charge >= 0.3 is 11.9 Å². The predicted molar refractivity (Wildman–Crippen MR) is 214 cm³/mol. The van der Waals surface area contributed by atoms with Crippen LogP contribution in [0.4, 0.5) is 0 Å². The van der Waals surface area contributed by atoms with E-state index in [9.17, 15) is 53.4 Å². The van der Waals surface area contributed by atoms with Crippen molar-refractivity contribution in [3.8, 4) is 0 Å². The van der Waals surface area contributed by atoms with Gasteiger partial charge in [-0.2, -0.15) is 11.8 Å². The summed E-state index contributed by atoms with van der Waals surface area (Å²) in [7, 11) is 0. The number of nitrogens with two attached hydrogens (primary N) is 2. The third-order valence-corrected chi connectivity index (χ3v) is 9.27. The van der Waals surface area contributed by atoms with Crippen LogP contribution >= 0.6 is 11.8 Å². The van der Waals surface area contributed by atoms with Crippen LogP contribution < -0.4 is 43.4 Å². The van der Waals surface area contributed by atoms with Gasteiger partial charge in [0.05, 0.1) is 24.9 Å². The standard InChI is InChI=1S/C36H60N10O12S/c1-17(2)11-23(32(53)41-22(7-8-27(38)48)31(52)45-26(36(57)58)14-28(49)50)42-34(55)25(13-20-15-39-16-40-20)43-33(54)24(12-18(3)4)44-35(56)29(19(5)47)46-30(51)21(37)9-10-59-6/h15-19,21-26,29,47H,7-14,37H2,1-6H3,(H2,38,48)(H,39,40)(H,41,53)(H,42,55)(H,43,54)(H,44,56)(H,45,52)(H,46,51)(H,49,50)(H,57,58)/t19-,21+,22+,23+,24+,25+,26+,29+/m1/s1. The second-order valence-corrected chi connectivity index (χ2v) is 15.9. The number of H-pyrrole nitrogens is 1. The zero-order valence-corrected chi connectivity index (χ0v) is 34.9. The number of carboxylic acids is 2. The minimum absolute atomic E-state index is 0.0113. The number of aliphatic carboxylic acids is 2. The molecule has 0 aliphatic rings. The Bertz CT molecular complexity index is 1590. The first-order valence-electron chi connectivity index (χ1n) is 19.0. The summed E-state index contributed by atoms with van der Waals surface area (Å²) in [5.74, 6) is -9.21. The van der Waals surface area contributed by atoms with E-state index < -0.39 is 121 Å². The molecule has 22 nitrogen and oxygen atoms in total. The Morgan fingerprint density at radius 1 is 0.712 bits per heavy atom. The van der Waals surface area contributed by atoms with Crippen molar-refractivity contribution in [3.05, 3.63) is 18.2 Å². The zero-order chi connectivity index (χ0) is 45.0. The van der Waals surface area contributed by atoms with Gasteiger partial charge < -0.3 is 63.7 Å². The zero-order valence-electron chi connectivity index (χ0n) is 34.1. The number of hydrogen-bond acceptors (Lipinski definition) is 13. The molecule has 1 aromatic rings. The van der Waals surface area contributed by atoms with E-state index in [1.54, 1.807) is 27.7 Å². The van der Waals surface area contributed by atoms with E-state index in [1.807, 2.05) is 11.6 Å². The number of imidazole rings is 1. The Morgan fingerprint density at radius 2 is 1.20 bits per heavy atom. The van der Waals surface area contributed by atoms with Gasteiger partial charge in [-0.1, -0.05) is 27.7 Å². The Balaban J connectivity index is 3.41. The average molecular weight is 857 g/mol. The number of carboxylic acid groups (broad SMARTS) is 2. The number of hydrogen-bond donors (Lipinski definition) is 12. The lowest BCUT2D eigenvalue weighted by Crippen LogP contribution is -2.61. The van der Waals surface area contributed by atoms with Crippen molar-refractivity contribution in [1.82, 2.24) is 41.9 Å². The lowest BCUT2D eigenvalue weighted by molar-refractivity contribution is -0.147. The number of nitrogens with one attached hydrogen (secondary N) is 7. The number of primary amides is 1. The van der Waals surface area contributed by atoms with E-state index in [1.165, 1.54) is 31.2 Å². The van der Waals surface area contributed by atoms with E-state index in [-0.39, 0.29) is 31.1 Å². The summed E-state index contributed by atoms with van der Waals surface area (Å²) in [4.78, 5) is 122. The molecule has 0 saturated carbocycles. The molecule has 59 heavy (non-hydrogen) atoms. The molecule has 0 aliphatic heterocycles. The van der Waals surface area contributed by atoms with Gasteiger partial charge in [-0.25, -0.2) is 9.78 Å². The lowest BCUT2D eigenvalue weighted by atomic mass is 10.00. The SMILES string of the molecule is CSCC[C@H](N)C(=O)N[C@H](C(=O)N[C@@H](CC(C)C)C(=O)N[C@@H](Cc1cnc[nH]1)C(=O)N[C@@H](CC(C)C)C(=O)N[C@@H](CCC(N)=O)C(=O)N[C@@H](CC(=O)O)C(=O)O)[C@@H](C)O. The van der Waals surface area contributed by atoms with Gasteiger partial charge in [0, 0.05) is 24.7 Å². The van der Waals surface area contributed by atoms with Crippen LogP contribution in [0.5, 0.6) is 0 Å². The Hall–Kier alpha value is -5.29. The molecule has 1 heterocycles. The van der Waals surface area contributed by atoms with Crippen LogP contribution in [0.2, 0.25) is 0 Å². The Morgan fingerprint density at radius 3 is 1.66 bits per heavy atom. The van der Waals surface area contributed by atoms with Gasteiger partial charge in [0.25, 0.3) is 0 Å². The molecule has 0 radical (unpaired) electrons. The fraction of sp³-hybridized carbons (Fsp3) is 0.667. The number of aromatic nitrogens is 2. The number of rotatable bonds is 28. The summed E-state index contributed by atoms with van der Waals surface area (Å²) in [6, 6.07) is -9.95. The highest BCUT2D eigenvalue weighted by Gasteiger charge is 2.35. The van der Waals surface area contributed by atoms with Crippen LogP contribution in [-0.4, -0.2) is 139 Å². The summed E-state index contributed by atoms with van der Waals surface area (Å²) < 4.78 is 0. The third kappa shape index (κ3) is 19.8. The van der Waals surface area contributed by atoms with Crippen LogP contribution in [0.3, 0.4) is 0 Å². The third-order valence-electron chi connectivity index (χ3n) is 8.63. The molecule has 0 aliphatic carbocycles. The maximum Gasteiger partial charge on any atom is 0.326 e. The van der Waals surface area contributed by atoms with Crippen molar-refractivity contribution < 1.29 is 58.5 Å². The van der Waals surface area contributed by atoms with Crippen molar-refractivity contribution in [2.75, 3.05) is 12.0 Å². The number of carbonyl (C=O) groups excluding carboxylic acids is 7. The highest BCUT2D eigenvalue weighted by atomic mass is 32.2. The van der Waals surface area contributed by atoms with Crippen LogP contribution in [-0.2, 0) is 49.6 Å². The maximum absolute atomic E-state index is 14.0. The molecule has 0 spiro atoms. The van der Waals surface area contributed by atoms with E-state index in [4.69, 9.17) is 16.6 Å². The van der Waals surface area contributed by atoms with Gasteiger partial charge in [-0.05, 0) is 56.5 Å². The second-order valence-electron chi connectivity index (χ2n) is 14.9. The van der Waals surface area contributed by atoms with E-state index in [2.05, 4.69) is 36.6 Å². The quantitative estimate of drug-likeness (QED) is 0.0406. The van der Waals surface area contributed by atoms with Crippen LogP contribution in [0.1, 0.15) is 78.8 Å². The van der Waals surface area contributed by atoms with Crippen molar-refractivity contribution in [2.45, 2.75) is 128 Å². The van der Waals surface area contributed by atoms with E-state index in [0.29, 0.717) is 17.9 Å². The fourth-order valence-corrected chi connectivity index (χ4v) is 6.04. The molecule has 1 aromatic heterocycles. The van der Waals surface area contributed by atoms with Gasteiger partial charge in [0.2, 0.25) is 41.4 Å². The van der Waals surface area contributed by atoms with Gasteiger partial charge in [-0.3, -0.25) is 38.4 Å². The number of thioether (sulfide) groups is 1. The van der Waals surface area contributed by atoms with Crippen LogP contribution in [0.25, 0.3) is 0 Å². The molecular formula is C36H60N10O12S.